The minimum atomic E-state index is -0.948. The first-order valence-electron chi connectivity index (χ1n) is 5.43. The molecule has 0 spiro atoms. The standard InChI is InChI=1S/C12H12Br2O3/c13-9-5-8(12(15)16)6-10(14)11(9)17-4-3-7-1-2-7/h5-7H,1-4H2,(H,15,16). The smallest absolute Gasteiger partial charge is 0.335 e. The minimum Gasteiger partial charge on any atom is -0.491 e. The van der Waals surface area contributed by atoms with Crippen LogP contribution in [0.2, 0.25) is 0 Å². The molecule has 1 aromatic rings. The largest absolute Gasteiger partial charge is 0.491 e. The average Bonchev–Trinajstić information content (AvgIpc) is 3.05. The van der Waals surface area contributed by atoms with Gasteiger partial charge in [0.15, 0.2) is 0 Å². The fourth-order valence-corrected chi connectivity index (χ4v) is 2.97. The topological polar surface area (TPSA) is 46.5 Å². The summed E-state index contributed by atoms with van der Waals surface area (Å²) in [4.78, 5) is 10.8. The summed E-state index contributed by atoms with van der Waals surface area (Å²) < 4.78 is 7.00. The second-order valence-electron chi connectivity index (χ2n) is 4.15. The van der Waals surface area contributed by atoms with E-state index in [0.717, 1.165) is 12.3 Å². The van der Waals surface area contributed by atoms with E-state index >= 15 is 0 Å². The van der Waals surface area contributed by atoms with Crippen LogP contribution >= 0.6 is 31.9 Å². The second kappa shape index (κ2) is 5.40. The number of benzene rings is 1. The van der Waals surface area contributed by atoms with Crippen LogP contribution in [0.5, 0.6) is 5.75 Å². The van der Waals surface area contributed by atoms with Crippen LogP contribution in [0.15, 0.2) is 21.1 Å². The number of halogens is 2. The molecule has 1 fully saturated rings. The molecular formula is C12H12Br2O3. The monoisotopic (exact) mass is 362 g/mol. The summed E-state index contributed by atoms with van der Waals surface area (Å²) in [5, 5.41) is 8.90. The number of carboxylic acids is 1. The first-order valence-corrected chi connectivity index (χ1v) is 7.01. The van der Waals surface area contributed by atoms with Gasteiger partial charge in [0, 0.05) is 0 Å². The summed E-state index contributed by atoms with van der Waals surface area (Å²) in [5.74, 6) is 0.553. The van der Waals surface area contributed by atoms with Crippen LogP contribution in [0.4, 0.5) is 0 Å². The van der Waals surface area contributed by atoms with Crippen LogP contribution in [0.1, 0.15) is 29.6 Å². The van der Waals surface area contributed by atoms with Crippen molar-refractivity contribution in [1.29, 1.82) is 0 Å². The first-order chi connectivity index (χ1) is 8.08. The van der Waals surface area contributed by atoms with Crippen molar-refractivity contribution < 1.29 is 14.6 Å². The number of aromatic carboxylic acids is 1. The van der Waals surface area contributed by atoms with Crippen LogP contribution < -0.4 is 4.74 Å². The molecule has 0 unspecified atom stereocenters. The Labute approximate surface area is 116 Å². The highest BCUT2D eigenvalue weighted by Gasteiger charge is 2.21. The lowest BCUT2D eigenvalue weighted by atomic mass is 10.2. The molecular weight excluding hydrogens is 352 g/mol. The predicted octanol–water partition coefficient (Wildman–Crippen LogP) is 4.09. The van der Waals surface area contributed by atoms with E-state index in [1.165, 1.54) is 12.8 Å². The number of hydrogen-bond donors (Lipinski definition) is 1. The second-order valence-corrected chi connectivity index (χ2v) is 5.86. The van der Waals surface area contributed by atoms with Crippen LogP contribution in [-0.4, -0.2) is 17.7 Å². The van der Waals surface area contributed by atoms with Crippen LogP contribution in [0, 0.1) is 5.92 Å². The molecule has 0 radical (unpaired) electrons. The molecule has 92 valence electrons. The maximum absolute atomic E-state index is 10.8. The third kappa shape index (κ3) is 3.45. The van der Waals surface area contributed by atoms with Gasteiger partial charge in [0.1, 0.15) is 5.75 Å². The third-order valence-corrected chi connectivity index (χ3v) is 3.89. The SMILES string of the molecule is O=C(O)c1cc(Br)c(OCCC2CC2)c(Br)c1. The molecule has 0 heterocycles. The van der Waals surface area contributed by atoms with Gasteiger partial charge in [-0.15, -0.1) is 0 Å². The van der Waals surface area contributed by atoms with E-state index < -0.39 is 5.97 Å². The van der Waals surface area contributed by atoms with Crippen molar-refractivity contribution in [2.75, 3.05) is 6.61 Å². The van der Waals surface area contributed by atoms with Crippen LogP contribution in [-0.2, 0) is 0 Å². The lowest BCUT2D eigenvalue weighted by Crippen LogP contribution is -2.02. The fourth-order valence-electron chi connectivity index (χ4n) is 1.56. The number of carboxylic acid groups (broad SMARTS) is 1. The van der Waals surface area contributed by atoms with Gasteiger partial charge in [-0.05, 0) is 56.3 Å². The molecule has 3 nitrogen and oxygen atoms in total. The normalized spacial score (nSPS) is 14.7. The maximum Gasteiger partial charge on any atom is 0.335 e. The molecule has 0 atom stereocenters. The molecule has 0 aliphatic heterocycles. The zero-order valence-electron chi connectivity index (χ0n) is 9.08. The van der Waals surface area contributed by atoms with E-state index in [9.17, 15) is 4.79 Å². The van der Waals surface area contributed by atoms with Gasteiger partial charge in [0.05, 0.1) is 21.1 Å². The van der Waals surface area contributed by atoms with Crippen molar-refractivity contribution in [3.05, 3.63) is 26.6 Å². The highest BCUT2D eigenvalue weighted by Crippen LogP contribution is 2.36. The number of carbonyl (C=O) groups is 1. The first kappa shape index (κ1) is 12.9. The molecule has 0 saturated heterocycles. The van der Waals surface area contributed by atoms with Crippen LogP contribution in [0.3, 0.4) is 0 Å². The Balaban J connectivity index is 2.07. The predicted molar refractivity (Wildman–Crippen MR) is 71.6 cm³/mol. The Morgan fingerprint density at radius 3 is 2.41 bits per heavy atom. The van der Waals surface area contributed by atoms with Crippen molar-refractivity contribution in [3.63, 3.8) is 0 Å². The zero-order valence-corrected chi connectivity index (χ0v) is 12.3. The van der Waals surface area contributed by atoms with Crippen molar-refractivity contribution >= 4 is 37.8 Å². The molecule has 17 heavy (non-hydrogen) atoms. The summed E-state index contributed by atoms with van der Waals surface area (Å²) in [7, 11) is 0. The van der Waals surface area contributed by atoms with Gasteiger partial charge in [0.2, 0.25) is 0 Å². The lowest BCUT2D eigenvalue weighted by Gasteiger charge is -2.10. The molecule has 1 aliphatic rings. The highest BCUT2D eigenvalue weighted by atomic mass is 79.9. The quantitative estimate of drug-likeness (QED) is 0.856. The van der Waals surface area contributed by atoms with Gasteiger partial charge in [-0.2, -0.15) is 0 Å². The van der Waals surface area contributed by atoms with Gasteiger partial charge < -0.3 is 9.84 Å². The molecule has 5 heteroatoms. The van der Waals surface area contributed by atoms with Crippen LogP contribution in [0.25, 0.3) is 0 Å². The maximum atomic E-state index is 10.8. The number of hydrogen-bond acceptors (Lipinski definition) is 2. The van der Waals surface area contributed by atoms with E-state index in [2.05, 4.69) is 31.9 Å². The molecule has 1 aromatic carbocycles. The van der Waals surface area contributed by atoms with E-state index in [1.54, 1.807) is 12.1 Å². The Morgan fingerprint density at radius 1 is 1.35 bits per heavy atom. The van der Waals surface area contributed by atoms with E-state index in [4.69, 9.17) is 9.84 Å². The molecule has 2 rings (SSSR count). The average molecular weight is 364 g/mol. The summed E-state index contributed by atoms with van der Waals surface area (Å²) in [6.45, 7) is 0.675. The third-order valence-electron chi connectivity index (χ3n) is 2.71. The minimum absolute atomic E-state index is 0.235. The van der Waals surface area contributed by atoms with E-state index in [0.29, 0.717) is 21.3 Å². The Morgan fingerprint density at radius 2 is 1.94 bits per heavy atom. The zero-order chi connectivity index (χ0) is 12.4. The highest BCUT2D eigenvalue weighted by molar-refractivity contribution is 9.11. The van der Waals surface area contributed by atoms with Gasteiger partial charge in [-0.3, -0.25) is 0 Å². The Kier molecular flexibility index (Phi) is 4.09. The van der Waals surface area contributed by atoms with Crippen molar-refractivity contribution in [3.8, 4) is 5.75 Å². The van der Waals surface area contributed by atoms with Crippen molar-refractivity contribution in [2.45, 2.75) is 19.3 Å². The molecule has 0 aromatic heterocycles. The molecule has 1 saturated carbocycles. The number of ether oxygens (including phenoxy) is 1. The van der Waals surface area contributed by atoms with Gasteiger partial charge in [-0.1, -0.05) is 12.8 Å². The van der Waals surface area contributed by atoms with Gasteiger partial charge in [-0.25, -0.2) is 4.79 Å². The van der Waals surface area contributed by atoms with Gasteiger partial charge in [0.25, 0.3) is 0 Å². The Hall–Kier alpha value is -0.550. The molecule has 1 N–H and O–H groups in total. The summed E-state index contributed by atoms with van der Waals surface area (Å²) in [5.41, 5.74) is 0.235. The number of rotatable bonds is 5. The molecule has 1 aliphatic carbocycles. The molecule has 0 bridgehead atoms. The van der Waals surface area contributed by atoms with Crippen molar-refractivity contribution in [1.82, 2.24) is 0 Å². The molecule has 0 amide bonds. The van der Waals surface area contributed by atoms with Crippen molar-refractivity contribution in [2.24, 2.45) is 5.92 Å². The Bertz CT molecular complexity index is 418. The van der Waals surface area contributed by atoms with E-state index in [-0.39, 0.29) is 5.56 Å². The summed E-state index contributed by atoms with van der Waals surface area (Å²) >= 11 is 6.66. The van der Waals surface area contributed by atoms with E-state index in [1.807, 2.05) is 0 Å². The van der Waals surface area contributed by atoms with Gasteiger partial charge >= 0.3 is 5.97 Å². The lowest BCUT2D eigenvalue weighted by molar-refractivity contribution is 0.0696. The fraction of sp³-hybridized carbons (Fsp3) is 0.417. The summed E-state index contributed by atoms with van der Waals surface area (Å²) in [6.07, 6.45) is 3.69. The summed E-state index contributed by atoms with van der Waals surface area (Å²) in [6, 6.07) is 3.11.